The van der Waals surface area contributed by atoms with Gasteiger partial charge in [-0.25, -0.2) is 8.42 Å². The standard InChI is InChI=1S/C22H27NO3S/c1-16(2)19-10-8-18(9-11-19)14-23(20-12-13-27(25,26)15-20)22(24)21-7-5-4-6-17(21)3/h4-11,16,20H,12-15H2,1-3H3. The molecule has 0 aromatic heterocycles. The number of carbonyl (C=O) groups is 1. The van der Waals surface area contributed by atoms with Gasteiger partial charge < -0.3 is 4.90 Å². The number of aryl methyl sites for hydroxylation is 1. The van der Waals surface area contributed by atoms with Gasteiger partial charge in [-0.15, -0.1) is 0 Å². The summed E-state index contributed by atoms with van der Waals surface area (Å²) in [6.45, 7) is 6.62. The van der Waals surface area contributed by atoms with Crippen molar-refractivity contribution in [2.24, 2.45) is 0 Å². The van der Waals surface area contributed by atoms with Crippen LogP contribution in [0.5, 0.6) is 0 Å². The molecule has 1 heterocycles. The maximum absolute atomic E-state index is 13.3. The van der Waals surface area contributed by atoms with E-state index in [2.05, 4.69) is 26.0 Å². The third-order valence-corrected chi connectivity index (χ3v) is 7.04. The normalized spacial score (nSPS) is 18.6. The zero-order chi connectivity index (χ0) is 19.6. The Bertz CT molecular complexity index is 917. The number of hydrogen-bond acceptors (Lipinski definition) is 3. The Hall–Kier alpha value is -2.14. The smallest absolute Gasteiger partial charge is 0.254 e. The number of sulfone groups is 1. The van der Waals surface area contributed by atoms with Crippen LogP contribution in [0.4, 0.5) is 0 Å². The predicted molar refractivity (Wildman–Crippen MR) is 109 cm³/mol. The van der Waals surface area contributed by atoms with Crippen LogP contribution in [-0.2, 0) is 16.4 Å². The second-order valence-corrected chi connectivity index (χ2v) is 9.93. The largest absolute Gasteiger partial charge is 0.330 e. The molecule has 0 aliphatic carbocycles. The molecule has 0 saturated carbocycles. The first-order chi connectivity index (χ1) is 12.8. The van der Waals surface area contributed by atoms with Gasteiger partial charge in [-0.05, 0) is 42.0 Å². The van der Waals surface area contributed by atoms with Crippen LogP contribution in [0, 0.1) is 6.92 Å². The Morgan fingerprint density at radius 2 is 1.78 bits per heavy atom. The van der Waals surface area contributed by atoms with E-state index in [1.807, 2.05) is 43.3 Å². The quantitative estimate of drug-likeness (QED) is 0.783. The number of carbonyl (C=O) groups excluding carboxylic acids is 1. The lowest BCUT2D eigenvalue weighted by atomic mass is 10.0. The Kier molecular flexibility index (Phi) is 5.70. The van der Waals surface area contributed by atoms with Crippen LogP contribution < -0.4 is 0 Å². The molecule has 144 valence electrons. The molecule has 2 aromatic rings. The fraction of sp³-hybridized carbons (Fsp3) is 0.409. The molecule has 0 radical (unpaired) electrons. The fourth-order valence-electron chi connectivity index (χ4n) is 3.56. The van der Waals surface area contributed by atoms with Crippen LogP contribution >= 0.6 is 0 Å². The van der Waals surface area contributed by atoms with E-state index < -0.39 is 9.84 Å². The molecule has 5 heteroatoms. The highest BCUT2D eigenvalue weighted by Crippen LogP contribution is 2.24. The third kappa shape index (κ3) is 4.59. The summed E-state index contributed by atoms with van der Waals surface area (Å²) in [5.74, 6) is 0.558. The number of amides is 1. The predicted octanol–water partition coefficient (Wildman–Crippen LogP) is 3.95. The van der Waals surface area contributed by atoms with Gasteiger partial charge >= 0.3 is 0 Å². The van der Waals surface area contributed by atoms with Crippen molar-refractivity contribution in [3.8, 4) is 0 Å². The van der Waals surface area contributed by atoms with Crippen LogP contribution in [0.1, 0.15) is 53.2 Å². The summed E-state index contributed by atoms with van der Waals surface area (Å²) in [4.78, 5) is 15.0. The minimum atomic E-state index is -3.07. The summed E-state index contributed by atoms with van der Waals surface area (Å²) in [6, 6.07) is 15.5. The number of nitrogens with zero attached hydrogens (tertiary/aromatic N) is 1. The van der Waals surface area contributed by atoms with Crippen molar-refractivity contribution < 1.29 is 13.2 Å². The lowest BCUT2D eigenvalue weighted by molar-refractivity contribution is 0.0680. The summed E-state index contributed by atoms with van der Waals surface area (Å²) >= 11 is 0. The molecule has 0 bridgehead atoms. The Morgan fingerprint density at radius 3 is 2.33 bits per heavy atom. The molecule has 2 aromatic carbocycles. The average Bonchev–Trinajstić information content (AvgIpc) is 2.99. The summed E-state index contributed by atoms with van der Waals surface area (Å²) in [5, 5.41) is 0. The highest BCUT2D eigenvalue weighted by atomic mass is 32.2. The number of hydrogen-bond donors (Lipinski definition) is 0. The molecule has 0 spiro atoms. The van der Waals surface area contributed by atoms with Crippen LogP contribution in [-0.4, -0.2) is 36.8 Å². The second kappa shape index (κ2) is 7.85. The van der Waals surface area contributed by atoms with Crippen LogP contribution in [0.2, 0.25) is 0 Å². The van der Waals surface area contributed by atoms with Gasteiger partial charge in [0.1, 0.15) is 0 Å². The molecule has 1 saturated heterocycles. The Labute approximate surface area is 162 Å². The van der Waals surface area contributed by atoms with Gasteiger partial charge in [0.25, 0.3) is 5.91 Å². The summed E-state index contributed by atoms with van der Waals surface area (Å²) in [6.07, 6.45) is 0.504. The van der Waals surface area contributed by atoms with Crippen molar-refractivity contribution in [3.05, 3.63) is 70.8 Å². The van der Waals surface area contributed by atoms with Gasteiger partial charge in [0, 0.05) is 18.2 Å². The van der Waals surface area contributed by atoms with E-state index in [0.29, 0.717) is 24.4 Å². The molecular weight excluding hydrogens is 358 g/mol. The van der Waals surface area contributed by atoms with Crippen molar-refractivity contribution in [3.63, 3.8) is 0 Å². The maximum atomic E-state index is 13.3. The zero-order valence-electron chi connectivity index (χ0n) is 16.2. The van der Waals surface area contributed by atoms with Crippen LogP contribution in [0.3, 0.4) is 0 Å². The average molecular weight is 386 g/mol. The van der Waals surface area contributed by atoms with Crippen molar-refractivity contribution in [2.75, 3.05) is 11.5 Å². The highest BCUT2D eigenvalue weighted by molar-refractivity contribution is 7.91. The van der Waals surface area contributed by atoms with Crippen LogP contribution in [0.15, 0.2) is 48.5 Å². The lowest BCUT2D eigenvalue weighted by Crippen LogP contribution is -2.40. The molecule has 0 N–H and O–H groups in total. The Morgan fingerprint density at radius 1 is 1.11 bits per heavy atom. The van der Waals surface area contributed by atoms with E-state index >= 15 is 0 Å². The van der Waals surface area contributed by atoms with Gasteiger partial charge in [0.15, 0.2) is 9.84 Å². The monoisotopic (exact) mass is 385 g/mol. The summed E-state index contributed by atoms with van der Waals surface area (Å²) < 4.78 is 24.0. The number of benzene rings is 2. The topological polar surface area (TPSA) is 54.5 Å². The highest BCUT2D eigenvalue weighted by Gasteiger charge is 2.35. The molecule has 1 aliphatic heterocycles. The van der Waals surface area contributed by atoms with E-state index in [0.717, 1.165) is 11.1 Å². The van der Waals surface area contributed by atoms with Crippen molar-refractivity contribution in [1.82, 2.24) is 4.90 Å². The van der Waals surface area contributed by atoms with E-state index in [1.54, 1.807) is 4.90 Å². The van der Waals surface area contributed by atoms with Gasteiger partial charge in [-0.2, -0.15) is 0 Å². The van der Waals surface area contributed by atoms with Gasteiger partial charge in [0.05, 0.1) is 11.5 Å². The van der Waals surface area contributed by atoms with Crippen molar-refractivity contribution in [1.29, 1.82) is 0 Å². The van der Waals surface area contributed by atoms with E-state index in [9.17, 15) is 13.2 Å². The summed E-state index contributed by atoms with van der Waals surface area (Å²) in [7, 11) is -3.07. The molecule has 3 rings (SSSR count). The molecule has 4 nitrogen and oxygen atoms in total. The van der Waals surface area contributed by atoms with Crippen molar-refractivity contribution >= 4 is 15.7 Å². The summed E-state index contributed by atoms with van der Waals surface area (Å²) in [5.41, 5.74) is 3.81. The maximum Gasteiger partial charge on any atom is 0.254 e. The van der Waals surface area contributed by atoms with Crippen molar-refractivity contribution in [2.45, 2.75) is 45.7 Å². The third-order valence-electron chi connectivity index (χ3n) is 5.28. The van der Waals surface area contributed by atoms with Gasteiger partial charge in [-0.1, -0.05) is 56.3 Å². The SMILES string of the molecule is Cc1ccccc1C(=O)N(Cc1ccc(C(C)C)cc1)C1CCS(=O)(=O)C1. The molecule has 1 aliphatic rings. The molecule has 1 amide bonds. The second-order valence-electron chi connectivity index (χ2n) is 7.70. The van der Waals surface area contributed by atoms with Gasteiger partial charge in [0.2, 0.25) is 0 Å². The van der Waals surface area contributed by atoms with Crippen LogP contribution in [0.25, 0.3) is 0 Å². The lowest BCUT2D eigenvalue weighted by Gasteiger charge is -2.29. The first kappa shape index (κ1) is 19.6. The first-order valence-corrected chi connectivity index (χ1v) is 11.2. The minimum Gasteiger partial charge on any atom is -0.330 e. The molecule has 1 unspecified atom stereocenters. The fourth-order valence-corrected chi connectivity index (χ4v) is 5.29. The molecule has 1 fully saturated rings. The Balaban J connectivity index is 1.90. The van der Waals surface area contributed by atoms with Gasteiger partial charge in [-0.3, -0.25) is 4.79 Å². The van der Waals surface area contributed by atoms with E-state index in [1.165, 1.54) is 5.56 Å². The molecular formula is C22H27NO3S. The molecule has 27 heavy (non-hydrogen) atoms. The van der Waals surface area contributed by atoms with E-state index in [-0.39, 0.29) is 23.5 Å². The minimum absolute atomic E-state index is 0.0503. The van der Waals surface area contributed by atoms with E-state index in [4.69, 9.17) is 0 Å². The molecule has 1 atom stereocenters. The number of rotatable bonds is 5. The zero-order valence-corrected chi connectivity index (χ0v) is 17.0. The first-order valence-electron chi connectivity index (χ1n) is 9.42.